The van der Waals surface area contributed by atoms with E-state index in [0.29, 0.717) is 19.3 Å². The number of rotatable bonds is 56. The van der Waals surface area contributed by atoms with Gasteiger partial charge in [0.1, 0.15) is 13.2 Å². The molecule has 0 fully saturated rings. The summed E-state index contributed by atoms with van der Waals surface area (Å²) in [5.41, 5.74) is 0. The van der Waals surface area contributed by atoms with Gasteiger partial charge in [-0.05, 0) is 128 Å². The molecule has 6 heteroatoms. The van der Waals surface area contributed by atoms with E-state index in [-0.39, 0.29) is 31.1 Å². The zero-order valence-electron chi connectivity index (χ0n) is 49.0. The van der Waals surface area contributed by atoms with E-state index in [2.05, 4.69) is 130 Å². The number of carbonyl (C=O) groups is 3. The Balaban J connectivity index is 4.17. The Morgan fingerprint density at radius 3 is 0.827 bits per heavy atom. The highest BCUT2D eigenvalue weighted by Crippen LogP contribution is 2.15. The minimum Gasteiger partial charge on any atom is -0.462 e. The SMILES string of the molecule is CC/C=C\C/C=C\C/C=C\C/C=C\C/C=C\C/C=C\C/C=C\CCCCCCCCCCCCCC(=O)OCC(COC(=O)CCCCCCC/C=C\CCCCC)OC(=O)CCCCCCC/C=C\CCCCC. The van der Waals surface area contributed by atoms with Gasteiger partial charge in [0.05, 0.1) is 0 Å². The summed E-state index contributed by atoms with van der Waals surface area (Å²) in [6, 6.07) is 0. The molecule has 0 amide bonds. The highest BCUT2D eigenvalue weighted by molar-refractivity contribution is 5.71. The second kappa shape index (κ2) is 62.6. The van der Waals surface area contributed by atoms with E-state index >= 15 is 0 Å². The molecular formula is C69H116O6. The van der Waals surface area contributed by atoms with Gasteiger partial charge in [0.25, 0.3) is 0 Å². The van der Waals surface area contributed by atoms with Gasteiger partial charge in [-0.25, -0.2) is 0 Å². The highest BCUT2D eigenvalue weighted by atomic mass is 16.6. The third-order valence-electron chi connectivity index (χ3n) is 13.2. The van der Waals surface area contributed by atoms with E-state index in [1.54, 1.807) is 0 Å². The summed E-state index contributed by atoms with van der Waals surface area (Å²) >= 11 is 0. The molecule has 428 valence electrons. The van der Waals surface area contributed by atoms with Crippen molar-refractivity contribution in [3.8, 4) is 0 Å². The van der Waals surface area contributed by atoms with Crippen LogP contribution in [0.3, 0.4) is 0 Å². The summed E-state index contributed by atoms with van der Waals surface area (Å²) in [5, 5.41) is 0. The third kappa shape index (κ3) is 60.8. The van der Waals surface area contributed by atoms with Gasteiger partial charge in [-0.3, -0.25) is 14.4 Å². The molecule has 1 atom stereocenters. The van der Waals surface area contributed by atoms with Crippen molar-refractivity contribution in [3.05, 3.63) is 109 Å². The number of allylic oxidation sites excluding steroid dienone is 18. The first-order valence-electron chi connectivity index (χ1n) is 31.4. The van der Waals surface area contributed by atoms with Gasteiger partial charge < -0.3 is 14.2 Å². The molecule has 0 aromatic heterocycles. The summed E-state index contributed by atoms with van der Waals surface area (Å²) in [7, 11) is 0. The van der Waals surface area contributed by atoms with Crippen molar-refractivity contribution in [1.82, 2.24) is 0 Å². The van der Waals surface area contributed by atoms with E-state index in [0.717, 1.165) is 122 Å². The largest absolute Gasteiger partial charge is 0.462 e. The monoisotopic (exact) mass is 1040 g/mol. The fourth-order valence-corrected chi connectivity index (χ4v) is 8.53. The van der Waals surface area contributed by atoms with Crippen LogP contribution in [0.1, 0.15) is 290 Å². The Bertz CT molecular complexity index is 1520. The lowest BCUT2D eigenvalue weighted by molar-refractivity contribution is -0.167. The van der Waals surface area contributed by atoms with Crippen LogP contribution in [0.2, 0.25) is 0 Å². The van der Waals surface area contributed by atoms with Crippen LogP contribution in [0.15, 0.2) is 109 Å². The molecule has 0 radical (unpaired) electrons. The number of ether oxygens (including phenoxy) is 3. The molecule has 1 unspecified atom stereocenters. The molecular weight excluding hydrogens is 925 g/mol. The minimum atomic E-state index is -0.786. The molecule has 0 aliphatic heterocycles. The summed E-state index contributed by atoms with van der Waals surface area (Å²) in [4.78, 5) is 38.1. The minimum absolute atomic E-state index is 0.0847. The molecule has 6 nitrogen and oxygen atoms in total. The molecule has 0 bridgehead atoms. The molecule has 0 saturated heterocycles. The van der Waals surface area contributed by atoms with Crippen LogP contribution in [0, 0.1) is 0 Å². The molecule has 0 heterocycles. The average Bonchev–Trinajstić information content (AvgIpc) is 3.41. The normalized spacial score (nSPS) is 12.8. The third-order valence-corrected chi connectivity index (χ3v) is 13.2. The van der Waals surface area contributed by atoms with E-state index in [1.165, 1.54) is 128 Å². The Morgan fingerprint density at radius 1 is 0.280 bits per heavy atom. The van der Waals surface area contributed by atoms with Gasteiger partial charge in [-0.15, -0.1) is 0 Å². The predicted molar refractivity (Wildman–Crippen MR) is 325 cm³/mol. The maximum absolute atomic E-state index is 12.8. The van der Waals surface area contributed by atoms with Gasteiger partial charge in [-0.2, -0.15) is 0 Å². The van der Waals surface area contributed by atoms with Gasteiger partial charge in [-0.1, -0.05) is 252 Å². The second-order valence-corrected chi connectivity index (χ2v) is 20.6. The quantitative estimate of drug-likeness (QED) is 0.0261. The maximum atomic E-state index is 12.8. The maximum Gasteiger partial charge on any atom is 0.306 e. The van der Waals surface area contributed by atoms with Crippen LogP contribution >= 0.6 is 0 Å². The number of esters is 3. The van der Waals surface area contributed by atoms with Crippen molar-refractivity contribution in [2.45, 2.75) is 297 Å². The Labute approximate surface area is 463 Å². The summed E-state index contributed by atoms with van der Waals surface area (Å²) < 4.78 is 16.8. The first-order valence-corrected chi connectivity index (χ1v) is 31.4. The van der Waals surface area contributed by atoms with Gasteiger partial charge in [0, 0.05) is 19.3 Å². The number of hydrogen-bond donors (Lipinski definition) is 0. The number of carbonyl (C=O) groups excluding carboxylic acids is 3. The molecule has 0 rings (SSSR count). The molecule has 0 N–H and O–H groups in total. The highest BCUT2D eigenvalue weighted by Gasteiger charge is 2.19. The number of hydrogen-bond acceptors (Lipinski definition) is 6. The second-order valence-electron chi connectivity index (χ2n) is 20.6. The fraction of sp³-hybridized carbons (Fsp3) is 0.696. The predicted octanol–water partition coefficient (Wildman–Crippen LogP) is 21.4. The Morgan fingerprint density at radius 2 is 0.520 bits per heavy atom. The molecule has 0 saturated carbocycles. The lowest BCUT2D eigenvalue weighted by atomic mass is 10.0. The van der Waals surface area contributed by atoms with Crippen molar-refractivity contribution in [1.29, 1.82) is 0 Å². The van der Waals surface area contributed by atoms with Crippen LogP contribution in [-0.4, -0.2) is 37.2 Å². The van der Waals surface area contributed by atoms with Crippen molar-refractivity contribution in [2.24, 2.45) is 0 Å². The lowest BCUT2D eigenvalue weighted by Crippen LogP contribution is -2.30. The first kappa shape index (κ1) is 71.1. The van der Waals surface area contributed by atoms with Crippen LogP contribution in [-0.2, 0) is 28.6 Å². The zero-order valence-corrected chi connectivity index (χ0v) is 49.0. The molecule has 75 heavy (non-hydrogen) atoms. The summed E-state index contributed by atoms with van der Waals surface area (Å²) in [6.07, 6.45) is 85.3. The van der Waals surface area contributed by atoms with Gasteiger partial charge in [0.15, 0.2) is 6.10 Å². The van der Waals surface area contributed by atoms with Gasteiger partial charge in [0.2, 0.25) is 0 Å². The standard InChI is InChI=1S/C69H116O6/c1-4-7-10-13-16-19-22-25-26-27-28-29-30-31-32-33-34-35-36-37-38-39-40-41-42-43-44-45-48-50-53-56-59-62-68(71)74-65-66(75-69(72)63-60-57-54-51-47-24-21-18-15-12-9-6-3)64-73-67(70)61-58-55-52-49-46-23-20-17-14-11-8-5-2/h7,10,16-21,25-26,28-29,31-32,34-35,37-38,66H,4-6,8-9,11-15,22-24,27,30,33,36,39-65H2,1-3H3/b10-7-,19-16-,20-17-,21-18-,26-25-,29-28-,32-31-,35-34-,38-37-. The smallest absolute Gasteiger partial charge is 0.306 e. The van der Waals surface area contributed by atoms with E-state index in [1.807, 2.05) is 0 Å². The topological polar surface area (TPSA) is 78.9 Å². The molecule has 0 aromatic carbocycles. The van der Waals surface area contributed by atoms with Crippen LogP contribution in [0.25, 0.3) is 0 Å². The summed E-state index contributed by atoms with van der Waals surface area (Å²) in [6.45, 7) is 6.47. The van der Waals surface area contributed by atoms with Gasteiger partial charge >= 0.3 is 17.9 Å². The molecule has 0 spiro atoms. The molecule has 0 aliphatic rings. The lowest BCUT2D eigenvalue weighted by Gasteiger charge is -2.18. The molecule has 0 aliphatic carbocycles. The fourth-order valence-electron chi connectivity index (χ4n) is 8.53. The van der Waals surface area contributed by atoms with E-state index < -0.39 is 6.10 Å². The van der Waals surface area contributed by atoms with Crippen LogP contribution in [0.5, 0.6) is 0 Å². The van der Waals surface area contributed by atoms with E-state index in [4.69, 9.17) is 14.2 Å². The summed E-state index contributed by atoms with van der Waals surface area (Å²) in [5.74, 6) is -0.902. The van der Waals surface area contributed by atoms with Crippen molar-refractivity contribution < 1.29 is 28.6 Å². The van der Waals surface area contributed by atoms with Crippen molar-refractivity contribution in [3.63, 3.8) is 0 Å². The first-order chi connectivity index (χ1) is 37.0. The number of unbranched alkanes of at least 4 members (excludes halogenated alkanes) is 27. The van der Waals surface area contributed by atoms with E-state index in [9.17, 15) is 14.4 Å². The Hall–Kier alpha value is -3.93. The zero-order chi connectivity index (χ0) is 54.3. The van der Waals surface area contributed by atoms with Crippen LogP contribution in [0.4, 0.5) is 0 Å². The van der Waals surface area contributed by atoms with Crippen molar-refractivity contribution >= 4 is 17.9 Å². The Kier molecular flexibility index (Phi) is 59.3. The van der Waals surface area contributed by atoms with Crippen LogP contribution < -0.4 is 0 Å². The average molecular weight is 1040 g/mol. The molecule has 0 aromatic rings. The van der Waals surface area contributed by atoms with Crippen molar-refractivity contribution in [2.75, 3.05) is 13.2 Å².